The Morgan fingerprint density at radius 1 is 0.786 bits per heavy atom. The summed E-state index contributed by atoms with van der Waals surface area (Å²) in [5, 5.41) is 2.88. The van der Waals surface area contributed by atoms with E-state index in [1.54, 1.807) is 49.4 Å². The Balaban J connectivity index is 1.87. The highest BCUT2D eigenvalue weighted by Crippen LogP contribution is 2.24. The molecule has 0 spiro atoms. The van der Waals surface area contributed by atoms with Gasteiger partial charge in [0.05, 0.1) is 10.6 Å². The quantitative estimate of drug-likeness (QED) is 0.661. The Kier molecular flexibility index (Phi) is 5.51. The van der Waals surface area contributed by atoms with Crippen molar-refractivity contribution in [3.63, 3.8) is 0 Å². The SMILES string of the molecule is Cc1ccc(S(=O)(=O)Nc2cccc(C(=O)Nc3ccccc3C)c2C)cc1. The Bertz CT molecular complexity index is 1120. The summed E-state index contributed by atoms with van der Waals surface area (Å²) in [6.07, 6.45) is 0. The van der Waals surface area contributed by atoms with E-state index in [2.05, 4.69) is 10.0 Å². The summed E-state index contributed by atoms with van der Waals surface area (Å²) in [6, 6.07) is 19.1. The van der Waals surface area contributed by atoms with Gasteiger partial charge in [-0.05, 0) is 62.2 Å². The summed E-state index contributed by atoms with van der Waals surface area (Å²) < 4.78 is 27.9. The molecule has 0 bridgehead atoms. The first-order chi connectivity index (χ1) is 13.3. The molecule has 0 aliphatic carbocycles. The van der Waals surface area contributed by atoms with E-state index >= 15 is 0 Å². The van der Waals surface area contributed by atoms with Crippen LogP contribution in [-0.2, 0) is 10.0 Å². The number of sulfonamides is 1. The van der Waals surface area contributed by atoms with Crippen molar-refractivity contribution >= 4 is 27.3 Å². The van der Waals surface area contributed by atoms with Crippen LogP contribution >= 0.6 is 0 Å². The summed E-state index contributed by atoms with van der Waals surface area (Å²) in [6.45, 7) is 5.53. The van der Waals surface area contributed by atoms with Crippen molar-refractivity contribution in [2.24, 2.45) is 0 Å². The fourth-order valence-corrected chi connectivity index (χ4v) is 3.94. The molecule has 0 aliphatic heterocycles. The van der Waals surface area contributed by atoms with Crippen molar-refractivity contribution in [3.8, 4) is 0 Å². The van der Waals surface area contributed by atoms with E-state index in [-0.39, 0.29) is 10.8 Å². The summed E-state index contributed by atoms with van der Waals surface area (Å²) in [7, 11) is -3.74. The van der Waals surface area contributed by atoms with Crippen LogP contribution in [0.5, 0.6) is 0 Å². The third-order valence-electron chi connectivity index (χ3n) is 4.55. The smallest absolute Gasteiger partial charge is 0.261 e. The largest absolute Gasteiger partial charge is 0.322 e. The lowest BCUT2D eigenvalue weighted by atomic mass is 10.1. The first kappa shape index (κ1) is 19.6. The molecule has 3 aromatic rings. The van der Waals surface area contributed by atoms with Crippen molar-refractivity contribution in [1.29, 1.82) is 0 Å². The average molecular weight is 394 g/mol. The molecule has 6 heteroatoms. The Labute approximate surface area is 165 Å². The Morgan fingerprint density at radius 3 is 2.11 bits per heavy atom. The lowest BCUT2D eigenvalue weighted by molar-refractivity contribution is 0.102. The van der Waals surface area contributed by atoms with Crippen molar-refractivity contribution in [1.82, 2.24) is 0 Å². The summed E-state index contributed by atoms with van der Waals surface area (Å²) >= 11 is 0. The van der Waals surface area contributed by atoms with Crippen LogP contribution in [0.25, 0.3) is 0 Å². The third-order valence-corrected chi connectivity index (χ3v) is 5.93. The van der Waals surface area contributed by atoms with Crippen molar-refractivity contribution in [2.45, 2.75) is 25.7 Å². The summed E-state index contributed by atoms with van der Waals surface area (Å²) in [5.41, 5.74) is 3.99. The molecule has 3 aromatic carbocycles. The predicted molar refractivity (Wildman–Crippen MR) is 112 cm³/mol. The Morgan fingerprint density at radius 2 is 1.43 bits per heavy atom. The molecule has 3 rings (SSSR count). The van der Waals surface area contributed by atoms with Gasteiger partial charge in [0.15, 0.2) is 0 Å². The minimum Gasteiger partial charge on any atom is -0.322 e. The molecule has 28 heavy (non-hydrogen) atoms. The lowest BCUT2D eigenvalue weighted by Crippen LogP contribution is -2.17. The zero-order valence-corrected chi connectivity index (χ0v) is 16.8. The summed E-state index contributed by atoms with van der Waals surface area (Å²) in [4.78, 5) is 12.9. The van der Waals surface area contributed by atoms with Gasteiger partial charge < -0.3 is 5.32 Å². The maximum atomic E-state index is 12.7. The zero-order valence-electron chi connectivity index (χ0n) is 16.0. The highest BCUT2D eigenvalue weighted by atomic mass is 32.2. The highest BCUT2D eigenvalue weighted by molar-refractivity contribution is 7.92. The van der Waals surface area contributed by atoms with Gasteiger partial charge in [0.25, 0.3) is 15.9 Å². The second-order valence-electron chi connectivity index (χ2n) is 6.67. The fourth-order valence-electron chi connectivity index (χ4n) is 2.82. The first-order valence-electron chi connectivity index (χ1n) is 8.84. The molecule has 0 unspecified atom stereocenters. The minimum absolute atomic E-state index is 0.173. The molecule has 0 atom stereocenters. The molecule has 144 valence electrons. The number of hydrogen-bond donors (Lipinski definition) is 2. The van der Waals surface area contributed by atoms with Crippen LogP contribution in [0.3, 0.4) is 0 Å². The van der Waals surface area contributed by atoms with Crippen LogP contribution in [0.4, 0.5) is 11.4 Å². The second-order valence-corrected chi connectivity index (χ2v) is 8.35. The number of anilines is 2. The maximum Gasteiger partial charge on any atom is 0.261 e. The molecule has 0 aromatic heterocycles. The second kappa shape index (κ2) is 7.86. The van der Waals surface area contributed by atoms with Gasteiger partial charge in [0, 0.05) is 11.3 Å². The number of nitrogens with one attached hydrogen (secondary N) is 2. The van der Waals surface area contributed by atoms with E-state index in [1.165, 1.54) is 0 Å². The van der Waals surface area contributed by atoms with Gasteiger partial charge >= 0.3 is 0 Å². The highest BCUT2D eigenvalue weighted by Gasteiger charge is 2.18. The van der Waals surface area contributed by atoms with Crippen LogP contribution in [0.1, 0.15) is 27.0 Å². The van der Waals surface area contributed by atoms with Crippen molar-refractivity contribution in [2.75, 3.05) is 10.0 Å². The molecule has 0 heterocycles. The fraction of sp³-hybridized carbons (Fsp3) is 0.136. The number of carbonyl (C=O) groups excluding carboxylic acids is 1. The number of amides is 1. The maximum absolute atomic E-state index is 12.7. The molecule has 0 radical (unpaired) electrons. The molecule has 1 amide bonds. The lowest BCUT2D eigenvalue weighted by Gasteiger charge is -2.14. The standard InChI is InChI=1S/C22H22N2O3S/c1-15-11-13-18(14-12-15)28(26,27)24-21-10-6-8-19(17(21)3)22(25)23-20-9-5-4-7-16(20)2/h4-14,24H,1-3H3,(H,23,25). The summed E-state index contributed by atoms with van der Waals surface area (Å²) in [5.74, 6) is -0.289. The molecule has 0 saturated carbocycles. The molecule has 0 saturated heterocycles. The average Bonchev–Trinajstić information content (AvgIpc) is 2.65. The molecule has 0 fully saturated rings. The van der Waals surface area contributed by atoms with Gasteiger partial charge in [-0.15, -0.1) is 0 Å². The number of aryl methyl sites for hydroxylation is 2. The third kappa shape index (κ3) is 4.23. The first-order valence-corrected chi connectivity index (χ1v) is 10.3. The van der Waals surface area contributed by atoms with Crippen LogP contribution in [0, 0.1) is 20.8 Å². The number of rotatable bonds is 5. The van der Waals surface area contributed by atoms with Gasteiger partial charge in [0.1, 0.15) is 0 Å². The molecule has 0 aliphatic rings. The number of hydrogen-bond acceptors (Lipinski definition) is 3. The number of carbonyl (C=O) groups is 1. The van der Waals surface area contributed by atoms with Crippen molar-refractivity contribution in [3.05, 3.63) is 89.0 Å². The molecular formula is C22H22N2O3S. The monoisotopic (exact) mass is 394 g/mol. The van der Waals surface area contributed by atoms with E-state index < -0.39 is 10.0 Å². The predicted octanol–water partition coefficient (Wildman–Crippen LogP) is 4.66. The van der Waals surface area contributed by atoms with Gasteiger partial charge in [-0.3, -0.25) is 9.52 Å². The molecular weight excluding hydrogens is 372 g/mol. The topological polar surface area (TPSA) is 75.3 Å². The van der Waals surface area contributed by atoms with Gasteiger partial charge in [0.2, 0.25) is 0 Å². The zero-order chi connectivity index (χ0) is 20.3. The van der Waals surface area contributed by atoms with E-state index in [1.807, 2.05) is 38.1 Å². The van der Waals surface area contributed by atoms with E-state index in [4.69, 9.17) is 0 Å². The van der Waals surface area contributed by atoms with E-state index in [0.717, 1.165) is 16.8 Å². The minimum atomic E-state index is -3.74. The van der Waals surface area contributed by atoms with Gasteiger partial charge in [-0.1, -0.05) is 42.0 Å². The van der Waals surface area contributed by atoms with Crippen molar-refractivity contribution < 1.29 is 13.2 Å². The van der Waals surface area contributed by atoms with E-state index in [9.17, 15) is 13.2 Å². The van der Waals surface area contributed by atoms with Crippen LogP contribution in [0.2, 0.25) is 0 Å². The molecule has 2 N–H and O–H groups in total. The molecule has 5 nitrogen and oxygen atoms in total. The van der Waals surface area contributed by atoms with Crippen LogP contribution < -0.4 is 10.0 Å². The normalized spacial score (nSPS) is 11.1. The van der Waals surface area contributed by atoms with Gasteiger partial charge in [-0.25, -0.2) is 8.42 Å². The van der Waals surface area contributed by atoms with Gasteiger partial charge in [-0.2, -0.15) is 0 Å². The Hall–Kier alpha value is -3.12. The van der Waals surface area contributed by atoms with Crippen LogP contribution in [-0.4, -0.2) is 14.3 Å². The number of para-hydroxylation sites is 1. The number of benzene rings is 3. The van der Waals surface area contributed by atoms with E-state index in [0.29, 0.717) is 16.8 Å². The van der Waals surface area contributed by atoms with Crippen LogP contribution in [0.15, 0.2) is 71.6 Å².